The molecule has 0 aliphatic heterocycles. The summed E-state index contributed by atoms with van der Waals surface area (Å²) in [7, 11) is 0. The number of hydrogen-bond donors (Lipinski definition) is 1. The Morgan fingerprint density at radius 3 is 2.88 bits per heavy atom. The van der Waals surface area contributed by atoms with Crippen molar-refractivity contribution < 1.29 is 4.52 Å². The van der Waals surface area contributed by atoms with E-state index in [1.807, 2.05) is 26.0 Å². The van der Waals surface area contributed by atoms with Gasteiger partial charge in [0.05, 0.1) is 5.75 Å². The van der Waals surface area contributed by atoms with Crippen molar-refractivity contribution in [3.05, 3.63) is 35.5 Å². The minimum absolute atomic E-state index is 0.689. The zero-order chi connectivity index (χ0) is 12.3. The Hall–Kier alpha value is -1.49. The Balaban J connectivity index is 1.99. The maximum atomic E-state index is 5.77. The van der Waals surface area contributed by atoms with E-state index in [2.05, 4.69) is 16.2 Å². The van der Waals surface area contributed by atoms with Crippen LogP contribution in [0.15, 0.2) is 27.6 Å². The van der Waals surface area contributed by atoms with E-state index in [4.69, 9.17) is 10.3 Å². The van der Waals surface area contributed by atoms with Gasteiger partial charge in [-0.1, -0.05) is 12.1 Å². The Bertz CT molecular complexity index is 510. The van der Waals surface area contributed by atoms with Crippen molar-refractivity contribution >= 4 is 17.4 Å². The lowest BCUT2D eigenvalue weighted by Gasteiger charge is -2.03. The largest absolute Gasteiger partial charge is 0.399 e. The zero-order valence-electron chi connectivity index (χ0n) is 9.93. The van der Waals surface area contributed by atoms with Crippen molar-refractivity contribution in [3.8, 4) is 0 Å². The summed E-state index contributed by atoms with van der Waals surface area (Å²) in [5, 5.41) is 3.91. The molecular formula is C12H15N3OS. The SMILES string of the molecule is CCc1nc(CSc2ccc(N)c(C)c2)no1. The smallest absolute Gasteiger partial charge is 0.226 e. The Morgan fingerprint density at radius 2 is 2.24 bits per heavy atom. The summed E-state index contributed by atoms with van der Waals surface area (Å²) in [5.41, 5.74) is 7.68. The van der Waals surface area contributed by atoms with Gasteiger partial charge in [-0.15, -0.1) is 11.8 Å². The molecule has 0 unspecified atom stereocenters. The van der Waals surface area contributed by atoms with Crippen molar-refractivity contribution in [2.24, 2.45) is 0 Å². The van der Waals surface area contributed by atoms with Crippen LogP contribution in [0.5, 0.6) is 0 Å². The Kier molecular flexibility index (Phi) is 3.68. The fraction of sp³-hybridized carbons (Fsp3) is 0.333. The van der Waals surface area contributed by atoms with E-state index in [0.717, 1.165) is 23.5 Å². The topological polar surface area (TPSA) is 64.9 Å². The van der Waals surface area contributed by atoms with Crippen LogP contribution in [0.25, 0.3) is 0 Å². The highest BCUT2D eigenvalue weighted by molar-refractivity contribution is 7.98. The second-order valence-corrected chi connectivity index (χ2v) is 4.81. The molecule has 0 saturated carbocycles. The fourth-order valence-electron chi connectivity index (χ4n) is 1.38. The molecule has 0 bridgehead atoms. The highest BCUT2D eigenvalue weighted by Crippen LogP contribution is 2.24. The fourth-order valence-corrected chi connectivity index (χ4v) is 2.22. The van der Waals surface area contributed by atoms with Gasteiger partial charge < -0.3 is 10.3 Å². The molecule has 0 atom stereocenters. The minimum atomic E-state index is 0.689. The van der Waals surface area contributed by atoms with E-state index in [1.165, 1.54) is 4.90 Å². The number of benzene rings is 1. The first kappa shape index (κ1) is 12.0. The molecule has 4 nitrogen and oxygen atoms in total. The van der Waals surface area contributed by atoms with E-state index >= 15 is 0 Å². The number of aromatic nitrogens is 2. The third-order valence-corrected chi connectivity index (χ3v) is 3.41. The first-order chi connectivity index (χ1) is 8.19. The predicted molar refractivity (Wildman–Crippen MR) is 68.8 cm³/mol. The van der Waals surface area contributed by atoms with Crippen molar-refractivity contribution in [2.45, 2.75) is 30.9 Å². The second-order valence-electron chi connectivity index (χ2n) is 3.76. The second kappa shape index (κ2) is 5.23. The molecule has 1 aromatic carbocycles. The van der Waals surface area contributed by atoms with Gasteiger partial charge in [0, 0.05) is 17.0 Å². The van der Waals surface area contributed by atoms with Crippen LogP contribution in [0.1, 0.15) is 24.2 Å². The lowest BCUT2D eigenvalue weighted by atomic mass is 10.2. The van der Waals surface area contributed by atoms with Gasteiger partial charge in [-0.25, -0.2) is 0 Å². The molecule has 0 radical (unpaired) electrons. The molecule has 2 aromatic rings. The van der Waals surface area contributed by atoms with Gasteiger partial charge in [0.15, 0.2) is 5.82 Å². The summed E-state index contributed by atoms with van der Waals surface area (Å²) in [5.74, 6) is 2.14. The minimum Gasteiger partial charge on any atom is -0.399 e. The van der Waals surface area contributed by atoms with Crippen LogP contribution >= 0.6 is 11.8 Å². The van der Waals surface area contributed by atoms with E-state index in [0.29, 0.717) is 11.6 Å². The molecule has 1 aromatic heterocycles. The Morgan fingerprint density at radius 1 is 1.41 bits per heavy atom. The predicted octanol–water partition coefficient (Wildman–Crippen LogP) is 2.81. The highest BCUT2D eigenvalue weighted by Gasteiger charge is 2.05. The normalized spacial score (nSPS) is 10.7. The summed E-state index contributed by atoms with van der Waals surface area (Å²) in [6, 6.07) is 6.00. The molecule has 5 heteroatoms. The van der Waals surface area contributed by atoms with Gasteiger partial charge in [0.1, 0.15) is 0 Å². The number of nitrogens with zero attached hydrogens (tertiary/aromatic N) is 2. The third kappa shape index (κ3) is 3.00. The highest BCUT2D eigenvalue weighted by atomic mass is 32.2. The molecule has 17 heavy (non-hydrogen) atoms. The van der Waals surface area contributed by atoms with Crippen molar-refractivity contribution in [2.75, 3.05) is 5.73 Å². The quantitative estimate of drug-likeness (QED) is 0.666. The molecule has 2 N–H and O–H groups in total. The molecule has 0 fully saturated rings. The summed E-state index contributed by atoms with van der Waals surface area (Å²) in [6.45, 7) is 4.00. The molecule has 0 spiro atoms. The lowest BCUT2D eigenvalue weighted by molar-refractivity contribution is 0.378. The molecular weight excluding hydrogens is 234 g/mol. The maximum absolute atomic E-state index is 5.77. The maximum Gasteiger partial charge on any atom is 0.226 e. The van der Waals surface area contributed by atoms with Crippen LogP contribution in [0.3, 0.4) is 0 Å². The molecule has 0 saturated heterocycles. The molecule has 2 rings (SSSR count). The van der Waals surface area contributed by atoms with Crippen LogP contribution in [-0.2, 0) is 12.2 Å². The molecule has 0 aliphatic rings. The van der Waals surface area contributed by atoms with E-state index in [-0.39, 0.29) is 0 Å². The summed E-state index contributed by atoms with van der Waals surface area (Å²) >= 11 is 1.68. The first-order valence-electron chi connectivity index (χ1n) is 5.49. The van der Waals surface area contributed by atoms with Gasteiger partial charge in [-0.05, 0) is 30.7 Å². The average Bonchev–Trinajstić information content (AvgIpc) is 2.79. The monoisotopic (exact) mass is 249 g/mol. The average molecular weight is 249 g/mol. The van der Waals surface area contributed by atoms with Crippen LogP contribution in [0, 0.1) is 6.92 Å². The van der Waals surface area contributed by atoms with Crippen molar-refractivity contribution in [1.29, 1.82) is 0 Å². The number of hydrogen-bond acceptors (Lipinski definition) is 5. The van der Waals surface area contributed by atoms with Crippen molar-refractivity contribution in [1.82, 2.24) is 10.1 Å². The summed E-state index contributed by atoms with van der Waals surface area (Å²) in [6.07, 6.45) is 0.776. The van der Waals surface area contributed by atoms with Gasteiger partial charge in [-0.3, -0.25) is 0 Å². The number of aryl methyl sites for hydroxylation is 2. The third-order valence-electron chi connectivity index (χ3n) is 2.42. The number of nitrogens with two attached hydrogens (primary N) is 1. The van der Waals surface area contributed by atoms with Crippen LogP contribution in [0.4, 0.5) is 5.69 Å². The number of thioether (sulfide) groups is 1. The van der Waals surface area contributed by atoms with E-state index in [9.17, 15) is 0 Å². The summed E-state index contributed by atoms with van der Waals surface area (Å²) < 4.78 is 5.05. The van der Waals surface area contributed by atoms with Gasteiger partial charge >= 0.3 is 0 Å². The van der Waals surface area contributed by atoms with Gasteiger partial charge in [0.25, 0.3) is 0 Å². The van der Waals surface area contributed by atoms with Gasteiger partial charge in [0.2, 0.25) is 5.89 Å². The Labute approximate surface area is 105 Å². The lowest BCUT2D eigenvalue weighted by Crippen LogP contribution is -1.89. The van der Waals surface area contributed by atoms with Crippen LogP contribution in [0.2, 0.25) is 0 Å². The number of anilines is 1. The summed E-state index contributed by atoms with van der Waals surface area (Å²) in [4.78, 5) is 5.43. The molecule has 1 heterocycles. The first-order valence-corrected chi connectivity index (χ1v) is 6.48. The van der Waals surface area contributed by atoms with Crippen LogP contribution in [-0.4, -0.2) is 10.1 Å². The number of nitrogen functional groups attached to an aromatic ring is 1. The number of rotatable bonds is 4. The van der Waals surface area contributed by atoms with Crippen LogP contribution < -0.4 is 5.73 Å². The van der Waals surface area contributed by atoms with Gasteiger partial charge in [-0.2, -0.15) is 4.98 Å². The zero-order valence-corrected chi connectivity index (χ0v) is 10.8. The van der Waals surface area contributed by atoms with E-state index in [1.54, 1.807) is 11.8 Å². The molecule has 0 amide bonds. The van der Waals surface area contributed by atoms with E-state index < -0.39 is 0 Å². The molecule has 90 valence electrons. The van der Waals surface area contributed by atoms with Crippen molar-refractivity contribution in [3.63, 3.8) is 0 Å². The standard InChI is InChI=1S/C12H15N3OS/c1-3-12-14-11(15-16-12)7-17-9-4-5-10(13)8(2)6-9/h4-6H,3,7,13H2,1-2H3. The molecule has 0 aliphatic carbocycles.